The second kappa shape index (κ2) is 22.4. The molecule has 53 heavy (non-hydrogen) atoms. The number of methoxy groups -OCH3 is 1. The number of aliphatic hydroxyl groups excluding tert-OH is 1. The standard InChI is InChI=1S/C37H53N3O13/c1-6-10-16-38-29(42)18-23(12-8-3)34(44)51-32-31(53-37(46)40-25-14-15-26-27(20-25)49-22-48-26)28(21-41)50-36(47-5)33(32)52-35(45)24(13-9-4)19-30(43)39-17-11-7-2/h8-9,14-15,20,23-24,28,31-33,36,41H,3-4,6-7,10-13,16-19,21-22H2,1-2,5H3,(H,38,42)(H,39,43)(H,40,46)/t23-,24-,28+,31+,32-,33-,36-/m0/s1. The Kier molecular flexibility index (Phi) is 18.1. The summed E-state index contributed by atoms with van der Waals surface area (Å²) in [7, 11) is 1.25. The number of hydrogen-bond donors (Lipinski definition) is 4. The van der Waals surface area contributed by atoms with Gasteiger partial charge in [-0.15, -0.1) is 13.2 Å². The third kappa shape index (κ3) is 13.0. The summed E-state index contributed by atoms with van der Waals surface area (Å²) in [4.78, 5) is 66.3. The quantitative estimate of drug-likeness (QED) is 0.0581. The van der Waals surface area contributed by atoms with E-state index in [-0.39, 0.29) is 50.0 Å². The van der Waals surface area contributed by atoms with Crippen molar-refractivity contribution < 1.29 is 62.2 Å². The Balaban J connectivity index is 1.94. The molecule has 7 atom stereocenters. The predicted octanol–water partition coefficient (Wildman–Crippen LogP) is 3.52. The van der Waals surface area contributed by atoms with E-state index in [0.29, 0.717) is 24.6 Å². The maximum atomic E-state index is 13.8. The smallest absolute Gasteiger partial charge is 0.412 e. The lowest BCUT2D eigenvalue weighted by molar-refractivity contribution is -0.300. The highest BCUT2D eigenvalue weighted by Gasteiger charge is 2.53. The molecule has 0 bridgehead atoms. The van der Waals surface area contributed by atoms with Crippen LogP contribution >= 0.6 is 0 Å². The van der Waals surface area contributed by atoms with Crippen molar-refractivity contribution in [3.8, 4) is 11.5 Å². The van der Waals surface area contributed by atoms with Crippen LogP contribution in [-0.2, 0) is 42.9 Å². The molecule has 1 fully saturated rings. The van der Waals surface area contributed by atoms with Gasteiger partial charge in [0.25, 0.3) is 0 Å². The summed E-state index contributed by atoms with van der Waals surface area (Å²) in [6.45, 7) is 11.5. The molecule has 2 heterocycles. The molecule has 16 nitrogen and oxygen atoms in total. The third-order valence-corrected chi connectivity index (χ3v) is 8.51. The fraction of sp³-hybridized carbons (Fsp3) is 0.595. The van der Waals surface area contributed by atoms with E-state index in [0.717, 1.165) is 25.7 Å². The normalized spacial score (nSPS) is 21.3. The number of ether oxygens (including phenoxy) is 7. The van der Waals surface area contributed by atoms with Crippen LogP contribution in [0, 0.1) is 11.8 Å². The van der Waals surface area contributed by atoms with Gasteiger partial charge in [0.1, 0.15) is 6.10 Å². The maximum absolute atomic E-state index is 13.8. The SMILES string of the molecule is C=CC[C@@H](CC(=O)NCCCC)C(=O)O[C@@H]1[C@H](OC(=O)[C@@H](CC=C)CC(=O)NCCCC)[C@@H](OC)O[C@H](CO)[C@H]1OC(=O)Nc1ccc2c(c1)OCO2. The van der Waals surface area contributed by atoms with E-state index in [9.17, 15) is 29.1 Å². The lowest BCUT2D eigenvalue weighted by atomic mass is 9.96. The second-order valence-electron chi connectivity index (χ2n) is 12.6. The van der Waals surface area contributed by atoms with Gasteiger partial charge in [-0.25, -0.2) is 4.79 Å². The van der Waals surface area contributed by atoms with E-state index < -0.39 is 67.2 Å². The van der Waals surface area contributed by atoms with Crippen LogP contribution in [0.1, 0.15) is 65.2 Å². The molecule has 16 heteroatoms. The number of aliphatic hydroxyl groups is 1. The summed E-state index contributed by atoms with van der Waals surface area (Å²) >= 11 is 0. The largest absolute Gasteiger partial charge is 0.454 e. The van der Waals surface area contributed by atoms with Gasteiger partial charge in [-0.2, -0.15) is 0 Å². The highest BCUT2D eigenvalue weighted by Crippen LogP contribution is 2.35. The predicted molar refractivity (Wildman–Crippen MR) is 191 cm³/mol. The molecule has 0 unspecified atom stereocenters. The number of carbonyl (C=O) groups is 5. The van der Waals surface area contributed by atoms with Crippen molar-refractivity contribution in [1.29, 1.82) is 0 Å². The van der Waals surface area contributed by atoms with Gasteiger partial charge in [-0.1, -0.05) is 38.8 Å². The van der Waals surface area contributed by atoms with Crippen LogP contribution in [0.3, 0.4) is 0 Å². The van der Waals surface area contributed by atoms with Crippen molar-refractivity contribution in [3.05, 3.63) is 43.5 Å². The molecule has 4 N–H and O–H groups in total. The van der Waals surface area contributed by atoms with Crippen LogP contribution in [0.5, 0.6) is 11.5 Å². The number of amides is 3. The molecule has 0 saturated carbocycles. The average Bonchev–Trinajstić information content (AvgIpc) is 3.60. The molecule has 294 valence electrons. The maximum Gasteiger partial charge on any atom is 0.412 e. The van der Waals surface area contributed by atoms with E-state index >= 15 is 0 Å². The minimum Gasteiger partial charge on any atom is -0.454 e. The first-order valence-electron chi connectivity index (χ1n) is 17.9. The molecule has 1 aromatic rings. The number of hydrogen-bond acceptors (Lipinski definition) is 13. The van der Waals surface area contributed by atoms with E-state index in [1.54, 1.807) is 12.1 Å². The van der Waals surface area contributed by atoms with Crippen LogP contribution in [0.25, 0.3) is 0 Å². The zero-order valence-corrected chi connectivity index (χ0v) is 30.7. The Bertz CT molecular complexity index is 1410. The van der Waals surface area contributed by atoms with Gasteiger partial charge in [0.05, 0.1) is 18.4 Å². The Hall–Kier alpha value is -4.67. The van der Waals surface area contributed by atoms with Crippen molar-refractivity contribution in [2.75, 3.05) is 38.9 Å². The van der Waals surface area contributed by atoms with Crippen LogP contribution in [0.4, 0.5) is 10.5 Å². The number of allylic oxidation sites excluding steroid dienone is 2. The monoisotopic (exact) mass is 747 g/mol. The van der Waals surface area contributed by atoms with Crippen molar-refractivity contribution in [1.82, 2.24) is 10.6 Å². The second-order valence-corrected chi connectivity index (χ2v) is 12.6. The average molecular weight is 748 g/mol. The van der Waals surface area contributed by atoms with Gasteiger partial charge in [0, 0.05) is 44.8 Å². The molecular weight excluding hydrogens is 694 g/mol. The number of benzene rings is 1. The Morgan fingerprint density at radius 3 is 1.94 bits per heavy atom. The van der Waals surface area contributed by atoms with E-state index in [2.05, 4.69) is 29.1 Å². The molecular formula is C37H53N3O13. The third-order valence-electron chi connectivity index (χ3n) is 8.51. The highest BCUT2D eigenvalue weighted by molar-refractivity contribution is 5.86. The van der Waals surface area contributed by atoms with Crippen LogP contribution in [-0.4, -0.2) is 99.3 Å². The lowest BCUT2D eigenvalue weighted by Gasteiger charge is -2.44. The molecule has 2 aliphatic rings. The van der Waals surface area contributed by atoms with E-state index in [4.69, 9.17) is 33.2 Å². The summed E-state index contributed by atoms with van der Waals surface area (Å²) in [5.74, 6) is -3.67. The number of rotatable bonds is 22. The van der Waals surface area contributed by atoms with E-state index in [1.165, 1.54) is 25.3 Å². The van der Waals surface area contributed by atoms with Gasteiger partial charge in [-0.05, 0) is 37.8 Å². The first kappa shape index (κ1) is 42.7. The number of fused-ring (bicyclic) bond motifs is 1. The zero-order chi connectivity index (χ0) is 38.8. The van der Waals surface area contributed by atoms with Crippen molar-refractivity contribution in [2.24, 2.45) is 11.8 Å². The zero-order valence-electron chi connectivity index (χ0n) is 30.7. The Morgan fingerprint density at radius 2 is 1.42 bits per heavy atom. The summed E-state index contributed by atoms with van der Waals surface area (Å²) in [5.41, 5.74) is 0.271. The van der Waals surface area contributed by atoms with Gasteiger partial charge in [0.2, 0.25) is 18.6 Å². The van der Waals surface area contributed by atoms with Gasteiger partial charge in [0.15, 0.2) is 36.1 Å². The Labute approximate surface area is 309 Å². The van der Waals surface area contributed by atoms with Crippen molar-refractivity contribution in [2.45, 2.75) is 95.9 Å². The van der Waals surface area contributed by atoms with Crippen LogP contribution in [0.2, 0.25) is 0 Å². The fourth-order valence-electron chi connectivity index (χ4n) is 5.65. The number of carbonyl (C=O) groups excluding carboxylic acids is 5. The van der Waals surface area contributed by atoms with Crippen LogP contribution < -0.4 is 25.4 Å². The number of esters is 2. The molecule has 1 aromatic carbocycles. The first-order chi connectivity index (χ1) is 25.6. The minimum absolute atomic E-state index is 0.0130. The molecule has 0 aliphatic carbocycles. The van der Waals surface area contributed by atoms with Gasteiger partial charge in [-0.3, -0.25) is 24.5 Å². The molecule has 3 amide bonds. The summed E-state index contributed by atoms with van der Waals surface area (Å²) in [6.07, 6.45) is -2.76. The molecule has 0 spiro atoms. The minimum atomic E-state index is -1.62. The highest BCUT2D eigenvalue weighted by atomic mass is 16.7. The summed E-state index contributed by atoms with van der Waals surface area (Å²) < 4.78 is 39.7. The molecule has 0 radical (unpaired) electrons. The molecule has 3 rings (SSSR count). The molecule has 0 aromatic heterocycles. The van der Waals surface area contributed by atoms with Crippen molar-refractivity contribution in [3.63, 3.8) is 0 Å². The van der Waals surface area contributed by atoms with Gasteiger partial charge >= 0.3 is 18.0 Å². The molecule has 1 saturated heterocycles. The van der Waals surface area contributed by atoms with Gasteiger partial charge < -0.3 is 48.9 Å². The van der Waals surface area contributed by atoms with E-state index in [1.807, 2.05) is 13.8 Å². The number of anilines is 1. The van der Waals surface area contributed by atoms with Crippen molar-refractivity contribution >= 4 is 35.5 Å². The topological polar surface area (TPSA) is 206 Å². The number of unbranched alkanes of at least 4 members (excludes halogenated alkanes) is 2. The lowest BCUT2D eigenvalue weighted by Crippen LogP contribution is -2.63. The summed E-state index contributed by atoms with van der Waals surface area (Å²) in [6, 6.07) is 4.64. The van der Waals surface area contributed by atoms with Crippen LogP contribution in [0.15, 0.2) is 43.5 Å². The fourth-order valence-corrected chi connectivity index (χ4v) is 5.65. The number of nitrogens with one attached hydrogen (secondary N) is 3. The first-order valence-corrected chi connectivity index (χ1v) is 17.9. The molecule has 2 aliphatic heterocycles. The Morgan fingerprint density at radius 1 is 0.849 bits per heavy atom. The summed E-state index contributed by atoms with van der Waals surface area (Å²) in [5, 5.41) is 18.5.